The van der Waals surface area contributed by atoms with Gasteiger partial charge >= 0.3 is 0 Å². The molecule has 0 aliphatic carbocycles. The molecule has 14 heavy (non-hydrogen) atoms. The van der Waals surface area contributed by atoms with Crippen LogP contribution in [0.5, 0.6) is 0 Å². The van der Waals surface area contributed by atoms with Gasteiger partial charge in [-0.2, -0.15) is 0 Å². The Labute approximate surface area is 86.9 Å². The molecule has 1 aliphatic heterocycles. The quantitative estimate of drug-likeness (QED) is 0.687. The third kappa shape index (κ3) is 3.29. The van der Waals surface area contributed by atoms with Crippen LogP contribution < -0.4 is 5.32 Å². The summed E-state index contributed by atoms with van der Waals surface area (Å²) in [6, 6.07) is 0.346. The maximum absolute atomic E-state index is 11.9. The number of amides is 1. The number of rotatable bonds is 1. The highest BCUT2D eigenvalue weighted by molar-refractivity contribution is 5.77. The molecule has 0 aromatic carbocycles. The Balaban J connectivity index is 2.50. The Hall–Kier alpha value is -0.570. The van der Waals surface area contributed by atoms with Crippen molar-refractivity contribution in [3.8, 4) is 0 Å². The SMILES string of the molecule is C[C@@H]1CNCCN1C(=O)CC(C)(C)C. The first-order valence-corrected chi connectivity index (χ1v) is 5.40. The van der Waals surface area contributed by atoms with Gasteiger partial charge in [0.05, 0.1) is 0 Å². The standard InChI is InChI=1S/C11H22N2O/c1-9-8-12-5-6-13(9)10(14)7-11(2,3)4/h9,12H,5-8H2,1-4H3/t9-/m1/s1. The van der Waals surface area contributed by atoms with Gasteiger partial charge in [-0.3, -0.25) is 4.79 Å². The van der Waals surface area contributed by atoms with Gasteiger partial charge in [0.1, 0.15) is 0 Å². The van der Waals surface area contributed by atoms with Crippen molar-refractivity contribution < 1.29 is 4.79 Å². The van der Waals surface area contributed by atoms with Crippen LogP contribution in [0.15, 0.2) is 0 Å². The minimum Gasteiger partial charge on any atom is -0.337 e. The minimum atomic E-state index is 0.0989. The van der Waals surface area contributed by atoms with Gasteiger partial charge in [0.15, 0.2) is 0 Å². The molecule has 1 rings (SSSR count). The van der Waals surface area contributed by atoms with E-state index >= 15 is 0 Å². The second kappa shape index (κ2) is 4.30. The lowest BCUT2D eigenvalue weighted by Crippen LogP contribution is -2.52. The second-order valence-corrected chi connectivity index (χ2v) is 5.38. The Bertz CT molecular complexity index is 208. The number of piperazine rings is 1. The van der Waals surface area contributed by atoms with E-state index in [1.807, 2.05) is 4.90 Å². The third-order valence-electron chi connectivity index (χ3n) is 2.50. The average Bonchev–Trinajstić information content (AvgIpc) is 2.01. The van der Waals surface area contributed by atoms with E-state index in [0.717, 1.165) is 19.6 Å². The minimum absolute atomic E-state index is 0.0989. The summed E-state index contributed by atoms with van der Waals surface area (Å²) in [6.07, 6.45) is 0.650. The van der Waals surface area contributed by atoms with E-state index < -0.39 is 0 Å². The molecule has 0 saturated carbocycles. The molecule has 0 aromatic rings. The van der Waals surface area contributed by atoms with E-state index in [-0.39, 0.29) is 5.41 Å². The number of nitrogens with one attached hydrogen (secondary N) is 1. The highest BCUT2D eigenvalue weighted by Crippen LogP contribution is 2.20. The zero-order valence-corrected chi connectivity index (χ0v) is 9.76. The van der Waals surface area contributed by atoms with Crippen LogP contribution in [0, 0.1) is 5.41 Å². The van der Waals surface area contributed by atoms with Crippen molar-refractivity contribution in [2.45, 2.75) is 40.2 Å². The van der Waals surface area contributed by atoms with Gasteiger partial charge in [-0.15, -0.1) is 0 Å². The lowest BCUT2D eigenvalue weighted by atomic mass is 9.91. The van der Waals surface area contributed by atoms with Gasteiger partial charge in [0.2, 0.25) is 5.91 Å². The molecule has 1 amide bonds. The maximum Gasteiger partial charge on any atom is 0.223 e. The van der Waals surface area contributed by atoms with Crippen molar-refractivity contribution in [3.05, 3.63) is 0 Å². The van der Waals surface area contributed by atoms with Gasteiger partial charge in [-0.25, -0.2) is 0 Å². The van der Waals surface area contributed by atoms with E-state index in [4.69, 9.17) is 0 Å². The lowest BCUT2D eigenvalue weighted by molar-refractivity contribution is -0.135. The molecule has 0 unspecified atom stereocenters. The first-order chi connectivity index (χ1) is 6.40. The van der Waals surface area contributed by atoms with Gasteiger partial charge < -0.3 is 10.2 Å². The van der Waals surface area contributed by atoms with Crippen molar-refractivity contribution in [1.29, 1.82) is 0 Å². The first kappa shape index (κ1) is 11.5. The van der Waals surface area contributed by atoms with Crippen LogP contribution in [-0.4, -0.2) is 36.5 Å². The van der Waals surface area contributed by atoms with Crippen LogP contribution in [0.3, 0.4) is 0 Å². The van der Waals surface area contributed by atoms with Crippen LogP contribution in [-0.2, 0) is 4.79 Å². The summed E-state index contributed by atoms with van der Waals surface area (Å²) in [6.45, 7) is 11.1. The third-order valence-corrected chi connectivity index (χ3v) is 2.50. The monoisotopic (exact) mass is 198 g/mol. The Kier molecular flexibility index (Phi) is 3.53. The number of carbonyl (C=O) groups is 1. The molecule has 0 radical (unpaired) electrons. The average molecular weight is 198 g/mol. The first-order valence-electron chi connectivity index (χ1n) is 5.40. The summed E-state index contributed by atoms with van der Waals surface area (Å²) in [5.41, 5.74) is 0.0989. The Morgan fingerprint density at radius 2 is 2.14 bits per heavy atom. The smallest absolute Gasteiger partial charge is 0.223 e. The van der Waals surface area contributed by atoms with Gasteiger partial charge in [-0.1, -0.05) is 20.8 Å². The normalized spacial score (nSPS) is 23.7. The fraction of sp³-hybridized carbons (Fsp3) is 0.909. The molecule has 1 atom stereocenters. The van der Waals surface area contributed by atoms with E-state index in [1.165, 1.54) is 0 Å². The lowest BCUT2D eigenvalue weighted by Gasteiger charge is -2.35. The van der Waals surface area contributed by atoms with Crippen LogP contribution in [0.1, 0.15) is 34.1 Å². The molecular formula is C11H22N2O. The number of hydrogen-bond acceptors (Lipinski definition) is 2. The van der Waals surface area contributed by atoms with Crippen molar-refractivity contribution in [2.24, 2.45) is 5.41 Å². The van der Waals surface area contributed by atoms with Crippen LogP contribution in [0.25, 0.3) is 0 Å². The largest absolute Gasteiger partial charge is 0.337 e. The molecule has 0 spiro atoms. The van der Waals surface area contributed by atoms with E-state index in [9.17, 15) is 4.79 Å². The zero-order valence-electron chi connectivity index (χ0n) is 9.76. The molecule has 0 bridgehead atoms. The molecule has 3 nitrogen and oxygen atoms in total. The fourth-order valence-corrected chi connectivity index (χ4v) is 1.77. The summed E-state index contributed by atoms with van der Waals surface area (Å²) in [5.74, 6) is 0.298. The van der Waals surface area contributed by atoms with Crippen molar-refractivity contribution >= 4 is 5.91 Å². The highest BCUT2D eigenvalue weighted by Gasteiger charge is 2.26. The molecule has 1 heterocycles. The molecule has 0 aromatic heterocycles. The molecule has 1 aliphatic rings. The molecular weight excluding hydrogens is 176 g/mol. The number of nitrogens with zero attached hydrogens (tertiary/aromatic N) is 1. The molecule has 1 fully saturated rings. The van der Waals surface area contributed by atoms with Gasteiger partial charge in [-0.05, 0) is 12.3 Å². The second-order valence-electron chi connectivity index (χ2n) is 5.38. The van der Waals surface area contributed by atoms with Gasteiger partial charge in [0, 0.05) is 32.1 Å². The van der Waals surface area contributed by atoms with Crippen LogP contribution in [0.4, 0.5) is 0 Å². The summed E-state index contributed by atoms with van der Waals surface area (Å²) in [7, 11) is 0. The molecule has 1 saturated heterocycles. The Morgan fingerprint density at radius 1 is 1.50 bits per heavy atom. The fourth-order valence-electron chi connectivity index (χ4n) is 1.77. The summed E-state index contributed by atoms with van der Waals surface area (Å²) >= 11 is 0. The van der Waals surface area contributed by atoms with E-state index in [2.05, 4.69) is 33.0 Å². The van der Waals surface area contributed by atoms with Crippen LogP contribution in [0.2, 0.25) is 0 Å². The predicted octanol–water partition coefficient (Wildman–Crippen LogP) is 1.24. The number of carbonyl (C=O) groups excluding carboxylic acids is 1. The number of hydrogen-bond donors (Lipinski definition) is 1. The highest BCUT2D eigenvalue weighted by atomic mass is 16.2. The van der Waals surface area contributed by atoms with Gasteiger partial charge in [0.25, 0.3) is 0 Å². The van der Waals surface area contributed by atoms with Crippen molar-refractivity contribution in [2.75, 3.05) is 19.6 Å². The molecule has 1 N–H and O–H groups in total. The summed E-state index contributed by atoms with van der Waals surface area (Å²) < 4.78 is 0. The summed E-state index contributed by atoms with van der Waals surface area (Å²) in [5, 5.41) is 3.29. The van der Waals surface area contributed by atoms with E-state index in [1.54, 1.807) is 0 Å². The van der Waals surface area contributed by atoms with Crippen molar-refractivity contribution in [3.63, 3.8) is 0 Å². The van der Waals surface area contributed by atoms with Crippen LogP contribution >= 0.6 is 0 Å². The summed E-state index contributed by atoms with van der Waals surface area (Å²) in [4.78, 5) is 13.9. The molecule has 3 heteroatoms. The maximum atomic E-state index is 11.9. The van der Waals surface area contributed by atoms with Crippen molar-refractivity contribution in [1.82, 2.24) is 10.2 Å². The molecule has 82 valence electrons. The van der Waals surface area contributed by atoms with E-state index in [0.29, 0.717) is 18.4 Å². The topological polar surface area (TPSA) is 32.3 Å². The Morgan fingerprint density at radius 3 is 2.64 bits per heavy atom. The zero-order chi connectivity index (χ0) is 10.8. The predicted molar refractivity (Wildman–Crippen MR) is 58.1 cm³/mol.